The molecular weight excluding hydrogens is 1000 g/mol. The van der Waals surface area contributed by atoms with Crippen molar-refractivity contribution in [1.82, 2.24) is 44.9 Å². The van der Waals surface area contributed by atoms with Gasteiger partial charge in [0.1, 0.15) is 35.3 Å². The molecular formula is C54H62F3N9O7SSi. The molecule has 7 heterocycles. The second-order valence-corrected chi connectivity index (χ2v) is 28.3. The van der Waals surface area contributed by atoms with E-state index in [1.54, 1.807) is 33.5 Å². The largest absolute Gasteiger partial charge is 0.464 e. The van der Waals surface area contributed by atoms with Crippen molar-refractivity contribution in [2.45, 2.75) is 127 Å². The fraction of sp³-hybridized carbons (Fsp3) is 0.481. The number of alkyl halides is 2. The number of methoxy groups -OCH3 is 2. The summed E-state index contributed by atoms with van der Waals surface area (Å²) in [6.45, 7) is 8.63. The Bertz CT molecular complexity index is 3190. The van der Waals surface area contributed by atoms with Crippen LogP contribution in [0.5, 0.6) is 5.75 Å². The third kappa shape index (κ3) is 9.70. The van der Waals surface area contributed by atoms with E-state index in [1.165, 1.54) is 25.2 Å². The molecule has 2 aromatic carbocycles. The van der Waals surface area contributed by atoms with Crippen molar-refractivity contribution in [3.63, 3.8) is 0 Å². The molecule has 396 valence electrons. The number of aromatic nitrogens is 5. The molecule has 0 bridgehead atoms. The molecule has 0 radical (unpaired) electrons. The van der Waals surface area contributed by atoms with E-state index in [-0.39, 0.29) is 49.5 Å². The summed E-state index contributed by atoms with van der Waals surface area (Å²) < 4.78 is 64.2. The Morgan fingerprint density at radius 3 is 2.20 bits per heavy atom. The van der Waals surface area contributed by atoms with E-state index in [4.69, 9.17) is 24.2 Å². The fourth-order valence-electron chi connectivity index (χ4n) is 11.8. The molecule has 75 heavy (non-hydrogen) atoms. The number of carbonyl (C=O) groups excluding carboxylic acids is 4. The van der Waals surface area contributed by atoms with Crippen LogP contribution in [0.4, 0.5) is 22.8 Å². The number of alkyl carbamates (subject to hydrolysis) is 2. The number of nitrogens with zero attached hydrogens (tertiary/aromatic N) is 5. The van der Waals surface area contributed by atoms with E-state index in [1.807, 2.05) is 44.2 Å². The number of rotatable bonds is 12. The number of hydrogen-bond acceptors (Lipinski definition) is 10. The van der Waals surface area contributed by atoms with E-state index >= 15 is 4.39 Å². The average Bonchev–Trinajstić information content (AvgIpc) is 4.11. The van der Waals surface area contributed by atoms with E-state index in [0.717, 1.165) is 40.6 Å². The minimum absolute atomic E-state index is 0.0991. The highest BCUT2D eigenvalue weighted by atomic mass is 32.1. The van der Waals surface area contributed by atoms with Gasteiger partial charge in [-0.05, 0) is 105 Å². The van der Waals surface area contributed by atoms with E-state index in [0.29, 0.717) is 76.7 Å². The van der Waals surface area contributed by atoms with Crippen LogP contribution in [0.1, 0.15) is 111 Å². The summed E-state index contributed by atoms with van der Waals surface area (Å²) in [6.07, 6.45) is 5.04. The molecule has 1 unspecified atom stereocenters. The highest BCUT2D eigenvalue weighted by Gasteiger charge is 2.48. The van der Waals surface area contributed by atoms with Crippen LogP contribution in [0.2, 0.25) is 19.1 Å². The molecule has 3 aliphatic heterocycles. The monoisotopic (exact) mass is 1070 g/mol. The van der Waals surface area contributed by atoms with Gasteiger partial charge in [0.15, 0.2) is 0 Å². The molecule has 11 rings (SSSR count). The van der Waals surface area contributed by atoms with Crippen LogP contribution >= 0.6 is 11.3 Å². The number of benzene rings is 2. The van der Waals surface area contributed by atoms with Gasteiger partial charge in [-0.25, -0.2) is 32.7 Å². The molecule has 5 atom stereocenters. The zero-order chi connectivity index (χ0) is 52.7. The number of ether oxygens (including phenoxy) is 3. The van der Waals surface area contributed by atoms with Crippen LogP contribution in [0, 0.1) is 17.7 Å². The summed E-state index contributed by atoms with van der Waals surface area (Å²) in [5.41, 5.74) is 4.44. The number of aromatic amines is 2. The predicted octanol–water partition coefficient (Wildman–Crippen LogP) is 10.8. The number of carbonyl (C=O) groups is 4. The van der Waals surface area contributed by atoms with Crippen LogP contribution in [0.3, 0.4) is 0 Å². The van der Waals surface area contributed by atoms with Crippen LogP contribution in [-0.2, 0) is 19.1 Å². The normalized spacial score (nSPS) is 21.9. The average molecular weight is 1070 g/mol. The van der Waals surface area contributed by atoms with Gasteiger partial charge in [-0.15, -0.1) is 11.3 Å². The smallest absolute Gasteiger partial charge is 0.407 e. The third-order valence-electron chi connectivity index (χ3n) is 15.8. The second kappa shape index (κ2) is 19.5. The van der Waals surface area contributed by atoms with E-state index in [9.17, 15) is 28.0 Å². The Hall–Kier alpha value is -6.61. The number of likely N-dealkylation sites (tertiary alicyclic amines) is 1. The number of amides is 4. The Labute approximate surface area is 437 Å². The van der Waals surface area contributed by atoms with Gasteiger partial charge in [0.2, 0.25) is 24.0 Å². The summed E-state index contributed by atoms with van der Waals surface area (Å²) in [4.78, 5) is 75.4. The number of hydrogen-bond donors (Lipinski definition) is 4. The molecule has 2 saturated carbocycles. The van der Waals surface area contributed by atoms with Gasteiger partial charge in [-0.1, -0.05) is 33.0 Å². The number of fused-ring (bicyclic) bond motifs is 5. The zero-order valence-electron chi connectivity index (χ0n) is 42.8. The number of imidazole rings is 2. The Morgan fingerprint density at radius 2 is 1.51 bits per heavy atom. The van der Waals surface area contributed by atoms with Gasteiger partial charge in [0, 0.05) is 46.9 Å². The summed E-state index contributed by atoms with van der Waals surface area (Å²) in [6, 6.07) is 13.7. The van der Waals surface area contributed by atoms with Gasteiger partial charge in [-0.2, -0.15) is 0 Å². The van der Waals surface area contributed by atoms with Crippen LogP contribution in [0.15, 0.2) is 60.9 Å². The lowest BCUT2D eigenvalue weighted by Crippen LogP contribution is -2.54. The molecule has 21 heteroatoms. The SMILES string of the molecule is COC(=O)NC(C(=O)N1C[Si](C)(C)C[C@H]1c1ncc(-c2ccc3c(c2)cc2n3[C@H](c3ccc(C4CC4)s3)Oc3cc(-c4cnc([C@@H]5CCCN5C(=O)[C@@H](NC(=O)OC)C(C)C)[nH]4)cc(F)c3-2)[nH]1)C1CCC(F)(F)CC1. The van der Waals surface area contributed by atoms with Gasteiger partial charge >= 0.3 is 12.2 Å². The number of nitrogens with one attached hydrogen (secondary N) is 4. The first-order chi connectivity index (χ1) is 35.9. The fourth-order valence-corrected chi connectivity index (χ4v) is 15.8. The molecule has 4 N–H and O–H groups in total. The summed E-state index contributed by atoms with van der Waals surface area (Å²) in [5.74, 6) is -2.43. The van der Waals surface area contributed by atoms with Crippen molar-refractivity contribution >= 4 is 54.3 Å². The zero-order valence-corrected chi connectivity index (χ0v) is 44.6. The predicted molar refractivity (Wildman–Crippen MR) is 278 cm³/mol. The summed E-state index contributed by atoms with van der Waals surface area (Å²) >= 11 is 1.71. The van der Waals surface area contributed by atoms with Gasteiger partial charge in [0.25, 0.3) is 0 Å². The minimum atomic E-state index is -2.80. The number of thiophene rings is 1. The van der Waals surface area contributed by atoms with Crippen LogP contribution in [-0.4, -0.2) is 111 Å². The van der Waals surface area contributed by atoms with Gasteiger partial charge in [0.05, 0.1) is 79.8 Å². The molecule has 0 spiro atoms. The minimum Gasteiger partial charge on any atom is -0.464 e. The number of halogens is 3. The lowest BCUT2D eigenvalue weighted by atomic mass is 9.81. The number of H-pyrrole nitrogens is 2. The van der Waals surface area contributed by atoms with Gasteiger partial charge in [-0.3, -0.25) is 14.2 Å². The highest BCUT2D eigenvalue weighted by Crippen LogP contribution is 2.51. The third-order valence-corrected chi connectivity index (χ3v) is 19.8. The molecule has 4 amide bonds. The highest BCUT2D eigenvalue weighted by molar-refractivity contribution is 7.12. The molecule has 5 aliphatic rings. The first-order valence-corrected chi connectivity index (χ1v) is 30.2. The van der Waals surface area contributed by atoms with E-state index in [2.05, 4.69) is 50.4 Å². The molecule has 16 nitrogen and oxygen atoms in total. The maximum Gasteiger partial charge on any atom is 0.407 e. The van der Waals surface area contributed by atoms with Crippen molar-refractivity contribution in [1.29, 1.82) is 0 Å². The molecule has 2 saturated heterocycles. The Balaban J connectivity index is 0.901. The quantitative estimate of drug-likeness (QED) is 0.0865. The standard InChI is InChI=1S/C54H62F3N9O7SSi/c1-28(2)45(62-52(69)71-3)49(67)64-19-7-8-38(64)47-58-25-36(61-47)32-21-34(55)44-39-22-33-20-31(11-12-37(33)66(39)51(73-41(44)23-32)43-14-13-42(74-43)29-9-10-29)35-24-59-48(60-35)40-26-75(5,6)27-65(40)50(68)46(63-53(70)72-4)30-15-17-54(56,57)18-16-30/h11-14,20-25,28-30,38,40,45-46,51H,7-10,15-19,26-27H2,1-6H3,(H,58,61)(H,59,60)(H,62,69)(H,63,70)/t38-,40-,45-,46?,51-/m0/s1. The maximum atomic E-state index is 17.0. The van der Waals surface area contributed by atoms with Crippen molar-refractivity contribution in [2.24, 2.45) is 11.8 Å². The van der Waals surface area contributed by atoms with Crippen molar-refractivity contribution < 1.29 is 46.6 Å². The van der Waals surface area contributed by atoms with Gasteiger partial charge < -0.3 is 44.6 Å². The molecule has 2 aliphatic carbocycles. The van der Waals surface area contributed by atoms with Crippen molar-refractivity contribution in [3.8, 4) is 39.5 Å². The molecule has 4 fully saturated rings. The molecule has 6 aromatic rings. The molecule has 4 aromatic heterocycles. The summed E-state index contributed by atoms with van der Waals surface area (Å²) in [5, 5.41) is 6.24. The lowest BCUT2D eigenvalue weighted by Gasteiger charge is -2.36. The maximum absolute atomic E-state index is 17.0. The van der Waals surface area contributed by atoms with Crippen LogP contribution < -0.4 is 15.4 Å². The lowest BCUT2D eigenvalue weighted by molar-refractivity contribution is -0.137. The first-order valence-electron chi connectivity index (χ1n) is 25.9. The van der Waals surface area contributed by atoms with Crippen molar-refractivity contribution in [3.05, 3.63) is 88.1 Å². The Morgan fingerprint density at radius 1 is 0.827 bits per heavy atom. The van der Waals surface area contributed by atoms with E-state index < -0.39 is 62.3 Å². The summed E-state index contributed by atoms with van der Waals surface area (Å²) in [7, 11) is 0.477. The Kier molecular flexibility index (Phi) is 13.1. The second-order valence-electron chi connectivity index (χ2n) is 22.1. The van der Waals surface area contributed by atoms with Crippen LogP contribution in [0.25, 0.3) is 44.7 Å². The van der Waals surface area contributed by atoms with Crippen molar-refractivity contribution in [2.75, 3.05) is 26.9 Å². The topological polar surface area (TPSA) is 189 Å². The first kappa shape index (κ1) is 50.5.